The van der Waals surface area contributed by atoms with E-state index in [9.17, 15) is 0 Å². The van der Waals surface area contributed by atoms with E-state index in [-0.39, 0.29) is 0 Å². The van der Waals surface area contributed by atoms with Gasteiger partial charge in [0.2, 0.25) is 5.95 Å². The van der Waals surface area contributed by atoms with Gasteiger partial charge in [-0.05, 0) is 50.8 Å². The van der Waals surface area contributed by atoms with Crippen LogP contribution in [0.25, 0.3) is 5.65 Å². The number of rotatable bonds is 4. The van der Waals surface area contributed by atoms with E-state index in [4.69, 9.17) is 5.10 Å². The summed E-state index contributed by atoms with van der Waals surface area (Å²) >= 11 is 0. The van der Waals surface area contributed by atoms with Crippen LogP contribution >= 0.6 is 0 Å². The van der Waals surface area contributed by atoms with Crippen LogP contribution in [0.2, 0.25) is 0 Å². The first kappa shape index (κ1) is 16.4. The fourth-order valence-corrected chi connectivity index (χ4v) is 3.81. The molecule has 2 fully saturated rings. The number of nitrogens with zero attached hydrogens (tertiary/aromatic N) is 8. The van der Waals surface area contributed by atoms with Crippen LogP contribution in [0.4, 0.5) is 11.8 Å². The minimum absolute atomic E-state index is 0.363. The van der Waals surface area contributed by atoms with Gasteiger partial charge in [-0.2, -0.15) is 4.52 Å². The van der Waals surface area contributed by atoms with Crippen LogP contribution in [-0.4, -0.2) is 56.0 Å². The molecule has 0 spiro atoms. The van der Waals surface area contributed by atoms with Gasteiger partial charge in [0.1, 0.15) is 5.82 Å². The van der Waals surface area contributed by atoms with Crippen LogP contribution in [0.1, 0.15) is 43.1 Å². The lowest BCUT2D eigenvalue weighted by molar-refractivity contribution is 0.479. The lowest BCUT2D eigenvalue weighted by atomic mass is 10.0. The molecule has 0 bridgehead atoms. The molecular weight excluding hydrogens is 340 g/mol. The van der Waals surface area contributed by atoms with Crippen LogP contribution in [0, 0.1) is 6.92 Å². The Morgan fingerprint density at radius 1 is 1.11 bits per heavy atom. The first-order valence-corrected chi connectivity index (χ1v) is 9.69. The second-order valence-corrected chi connectivity index (χ2v) is 7.65. The Bertz CT molecular complexity index is 963. The fraction of sp³-hybridized carbons (Fsp3) is 0.526. The van der Waals surface area contributed by atoms with Gasteiger partial charge in [0.15, 0.2) is 11.5 Å². The molecule has 8 nitrogen and oxygen atoms in total. The molecule has 0 aromatic carbocycles. The topological polar surface area (TPSA) is 75.3 Å². The van der Waals surface area contributed by atoms with Gasteiger partial charge in [0.05, 0.1) is 0 Å². The van der Waals surface area contributed by atoms with Crippen molar-refractivity contribution < 1.29 is 0 Å². The minimum Gasteiger partial charge on any atom is -0.353 e. The van der Waals surface area contributed by atoms with Crippen molar-refractivity contribution in [2.45, 2.75) is 44.6 Å². The Kier molecular flexibility index (Phi) is 3.91. The Morgan fingerprint density at radius 2 is 2.00 bits per heavy atom. The highest BCUT2D eigenvalue weighted by Gasteiger charge is 2.30. The summed E-state index contributed by atoms with van der Waals surface area (Å²) in [5.41, 5.74) is 1.83. The number of piperidine rings is 1. The summed E-state index contributed by atoms with van der Waals surface area (Å²) in [5.74, 6) is 3.32. The molecule has 1 unspecified atom stereocenters. The first-order chi connectivity index (χ1) is 13.2. The van der Waals surface area contributed by atoms with Gasteiger partial charge in [-0.3, -0.25) is 0 Å². The van der Waals surface area contributed by atoms with Crippen LogP contribution in [0.15, 0.2) is 24.4 Å². The molecule has 0 amide bonds. The third-order valence-electron chi connectivity index (χ3n) is 5.58. The zero-order chi connectivity index (χ0) is 18.4. The minimum atomic E-state index is 0.363. The van der Waals surface area contributed by atoms with Crippen molar-refractivity contribution in [2.24, 2.45) is 0 Å². The van der Waals surface area contributed by atoms with E-state index in [0.717, 1.165) is 54.9 Å². The second kappa shape index (κ2) is 6.44. The van der Waals surface area contributed by atoms with E-state index in [1.807, 2.05) is 29.8 Å². The van der Waals surface area contributed by atoms with Gasteiger partial charge >= 0.3 is 0 Å². The predicted molar refractivity (Wildman–Crippen MR) is 103 cm³/mol. The van der Waals surface area contributed by atoms with Gasteiger partial charge in [0, 0.05) is 44.0 Å². The summed E-state index contributed by atoms with van der Waals surface area (Å²) in [5, 5.41) is 13.5. The van der Waals surface area contributed by atoms with Crippen molar-refractivity contribution in [2.75, 3.05) is 29.9 Å². The third kappa shape index (κ3) is 3.09. The summed E-state index contributed by atoms with van der Waals surface area (Å²) in [6, 6.07) is 6.38. The maximum Gasteiger partial charge on any atom is 0.225 e. The van der Waals surface area contributed by atoms with E-state index in [0.29, 0.717) is 12.0 Å². The summed E-state index contributed by atoms with van der Waals surface area (Å²) in [7, 11) is 2.09. The van der Waals surface area contributed by atoms with Gasteiger partial charge < -0.3 is 9.80 Å². The lowest BCUT2D eigenvalue weighted by Gasteiger charge is -2.38. The van der Waals surface area contributed by atoms with Crippen LogP contribution in [-0.2, 0) is 0 Å². The normalized spacial score (nSPS) is 20.2. The summed E-state index contributed by atoms with van der Waals surface area (Å²) in [4.78, 5) is 13.6. The highest BCUT2D eigenvalue weighted by Crippen LogP contribution is 2.38. The molecule has 27 heavy (non-hydrogen) atoms. The number of aromatic nitrogens is 6. The maximum atomic E-state index is 4.87. The Balaban J connectivity index is 1.39. The highest BCUT2D eigenvalue weighted by atomic mass is 15.4. The predicted octanol–water partition coefficient (Wildman–Crippen LogP) is 2.21. The molecule has 0 radical (unpaired) electrons. The van der Waals surface area contributed by atoms with Crippen molar-refractivity contribution in [3.63, 3.8) is 0 Å². The van der Waals surface area contributed by atoms with Crippen molar-refractivity contribution >= 4 is 17.4 Å². The molecule has 0 N–H and O–H groups in total. The second-order valence-electron chi connectivity index (χ2n) is 7.65. The van der Waals surface area contributed by atoms with Gasteiger partial charge in [0.25, 0.3) is 0 Å². The molecular formula is C19H24N8. The highest BCUT2D eigenvalue weighted by molar-refractivity contribution is 5.47. The number of aryl methyl sites for hydroxylation is 1. The molecule has 5 rings (SSSR count). The largest absolute Gasteiger partial charge is 0.353 e. The average molecular weight is 364 g/mol. The first-order valence-electron chi connectivity index (χ1n) is 9.69. The lowest BCUT2D eigenvalue weighted by Crippen LogP contribution is -2.47. The molecule has 3 aromatic heterocycles. The number of hydrogen-bond donors (Lipinski definition) is 0. The van der Waals surface area contributed by atoms with Crippen molar-refractivity contribution in [1.29, 1.82) is 0 Å². The third-order valence-corrected chi connectivity index (χ3v) is 5.58. The Labute approximate surface area is 158 Å². The maximum absolute atomic E-state index is 4.87. The van der Waals surface area contributed by atoms with Crippen molar-refractivity contribution in [3.05, 3.63) is 35.9 Å². The van der Waals surface area contributed by atoms with Gasteiger partial charge in [-0.1, -0.05) is 0 Å². The summed E-state index contributed by atoms with van der Waals surface area (Å²) in [6.07, 6.45) is 6.47. The van der Waals surface area contributed by atoms with E-state index < -0.39 is 0 Å². The SMILES string of the molecule is Cc1ccnc(N(C)C2CCCN(c3ccc4nnc(C5CC5)n4n3)C2)n1. The van der Waals surface area contributed by atoms with Crippen LogP contribution in [0.5, 0.6) is 0 Å². The molecule has 1 aliphatic carbocycles. The van der Waals surface area contributed by atoms with Gasteiger partial charge in [-0.15, -0.1) is 15.3 Å². The summed E-state index contributed by atoms with van der Waals surface area (Å²) < 4.78 is 1.93. The van der Waals surface area contributed by atoms with Crippen molar-refractivity contribution in [1.82, 2.24) is 29.8 Å². The molecule has 1 atom stereocenters. The molecule has 1 aliphatic heterocycles. The smallest absolute Gasteiger partial charge is 0.225 e. The van der Waals surface area contributed by atoms with E-state index in [2.05, 4.69) is 43.1 Å². The molecule has 1 saturated carbocycles. The zero-order valence-electron chi connectivity index (χ0n) is 15.8. The summed E-state index contributed by atoms with van der Waals surface area (Å²) in [6.45, 7) is 3.92. The zero-order valence-corrected chi connectivity index (χ0v) is 15.8. The fourth-order valence-electron chi connectivity index (χ4n) is 3.81. The molecule has 4 heterocycles. The molecule has 8 heteroatoms. The number of hydrogen-bond acceptors (Lipinski definition) is 7. The molecule has 140 valence electrons. The molecule has 1 saturated heterocycles. The van der Waals surface area contributed by atoms with E-state index in [1.54, 1.807) is 0 Å². The molecule has 3 aromatic rings. The van der Waals surface area contributed by atoms with Crippen LogP contribution < -0.4 is 9.80 Å². The standard InChI is InChI=1S/C19H24N8/c1-13-9-10-20-19(21-13)25(2)15-4-3-11-26(12-15)17-8-7-16-22-23-18(14-5-6-14)27(16)24-17/h7-10,14-15H,3-6,11-12H2,1-2H3. The Hall–Kier alpha value is -2.77. The number of anilines is 2. The van der Waals surface area contributed by atoms with Crippen LogP contribution in [0.3, 0.4) is 0 Å². The number of likely N-dealkylation sites (N-methyl/N-ethyl adjacent to an activating group) is 1. The van der Waals surface area contributed by atoms with Gasteiger partial charge in [-0.25, -0.2) is 9.97 Å². The monoisotopic (exact) mass is 364 g/mol. The van der Waals surface area contributed by atoms with Crippen molar-refractivity contribution in [3.8, 4) is 0 Å². The molecule has 2 aliphatic rings. The average Bonchev–Trinajstić information content (AvgIpc) is 3.46. The quantitative estimate of drug-likeness (QED) is 0.702. The van der Waals surface area contributed by atoms with E-state index >= 15 is 0 Å². The van der Waals surface area contributed by atoms with E-state index in [1.165, 1.54) is 12.8 Å². The Morgan fingerprint density at radius 3 is 2.81 bits per heavy atom. The number of fused-ring (bicyclic) bond motifs is 1.